The fourth-order valence-corrected chi connectivity index (χ4v) is 2.23. The van der Waals surface area contributed by atoms with Gasteiger partial charge >= 0.3 is 5.97 Å². The van der Waals surface area contributed by atoms with E-state index in [1.165, 1.54) is 0 Å². The van der Waals surface area contributed by atoms with E-state index in [1.54, 1.807) is 0 Å². The SMILES string of the molecule is C/C(=C(/CCc1ccccc1)C(=O)O)c1ccccc1. The molecule has 0 heterocycles. The third-order valence-corrected chi connectivity index (χ3v) is 3.42. The lowest BCUT2D eigenvalue weighted by molar-refractivity contribution is -0.132. The van der Waals surface area contributed by atoms with E-state index >= 15 is 0 Å². The van der Waals surface area contributed by atoms with Crippen LogP contribution in [-0.2, 0) is 11.2 Å². The Bertz CT molecular complexity index is 598. The number of hydrogen-bond donors (Lipinski definition) is 1. The van der Waals surface area contributed by atoms with Crippen molar-refractivity contribution < 1.29 is 9.90 Å². The molecule has 2 rings (SSSR count). The summed E-state index contributed by atoms with van der Waals surface area (Å²) in [7, 11) is 0. The highest BCUT2D eigenvalue weighted by molar-refractivity contribution is 5.95. The van der Waals surface area contributed by atoms with Crippen molar-refractivity contribution in [3.63, 3.8) is 0 Å². The molecule has 0 radical (unpaired) electrons. The number of carboxylic acid groups (broad SMARTS) is 1. The molecule has 2 aromatic rings. The van der Waals surface area contributed by atoms with Gasteiger partial charge in [0.15, 0.2) is 0 Å². The summed E-state index contributed by atoms with van der Waals surface area (Å²) in [6.45, 7) is 1.88. The quantitative estimate of drug-likeness (QED) is 0.824. The van der Waals surface area contributed by atoms with Crippen LogP contribution < -0.4 is 0 Å². The summed E-state index contributed by atoms with van der Waals surface area (Å²) in [5, 5.41) is 9.43. The average molecular weight is 266 g/mol. The number of aliphatic carboxylic acids is 1. The predicted molar refractivity (Wildman–Crippen MR) is 81.4 cm³/mol. The van der Waals surface area contributed by atoms with E-state index in [4.69, 9.17) is 0 Å². The van der Waals surface area contributed by atoms with Gasteiger partial charge in [-0.05, 0) is 36.5 Å². The molecule has 0 aliphatic rings. The molecule has 0 aliphatic heterocycles. The van der Waals surface area contributed by atoms with Crippen molar-refractivity contribution in [2.24, 2.45) is 0 Å². The number of rotatable bonds is 5. The fourth-order valence-electron chi connectivity index (χ4n) is 2.23. The van der Waals surface area contributed by atoms with Crippen molar-refractivity contribution in [3.8, 4) is 0 Å². The smallest absolute Gasteiger partial charge is 0.331 e. The molecular weight excluding hydrogens is 248 g/mol. The molecule has 0 saturated heterocycles. The lowest BCUT2D eigenvalue weighted by Gasteiger charge is -2.09. The largest absolute Gasteiger partial charge is 0.478 e. The minimum absolute atomic E-state index is 0.486. The first kappa shape index (κ1) is 14.1. The highest BCUT2D eigenvalue weighted by Gasteiger charge is 2.12. The van der Waals surface area contributed by atoms with E-state index in [2.05, 4.69) is 0 Å². The first-order chi connectivity index (χ1) is 9.68. The topological polar surface area (TPSA) is 37.3 Å². The molecule has 0 aliphatic carbocycles. The number of carbonyl (C=O) groups is 1. The first-order valence-corrected chi connectivity index (χ1v) is 6.71. The van der Waals surface area contributed by atoms with Crippen molar-refractivity contribution in [2.45, 2.75) is 19.8 Å². The van der Waals surface area contributed by atoms with Gasteiger partial charge in [0.1, 0.15) is 0 Å². The van der Waals surface area contributed by atoms with Gasteiger partial charge in [-0.25, -0.2) is 4.79 Å². The maximum absolute atomic E-state index is 11.5. The molecular formula is C18H18O2. The Hall–Kier alpha value is -2.35. The number of benzene rings is 2. The lowest BCUT2D eigenvalue weighted by Crippen LogP contribution is -2.05. The van der Waals surface area contributed by atoms with Gasteiger partial charge < -0.3 is 5.11 Å². The summed E-state index contributed by atoms with van der Waals surface area (Å²) >= 11 is 0. The Balaban J connectivity index is 2.21. The van der Waals surface area contributed by atoms with Crippen LogP contribution in [0.1, 0.15) is 24.5 Å². The lowest BCUT2D eigenvalue weighted by atomic mass is 9.96. The van der Waals surface area contributed by atoms with Crippen LogP contribution in [0.3, 0.4) is 0 Å². The third-order valence-electron chi connectivity index (χ3n) is 3.42. The van der Waals surface area contributed by atoms with Gasteiger partial charge in [0.2, 0.25) is 0 Å². The molecule has 2 heteroatoms. The summed E-state index contributed by atoms with van der Waals surface area (Å²) in [5.41, 5.74) is 3.46. The molecule has 1 N–H and O–H groups in total. The highest BCUT2D eigenvalue weighted by Crippen LogP contribution is 2.22. The Kier molecular flexibility index (Phi) is 4.72. The minimum atomic E-state index is -0.831. The normalized spacial score (nSPS) is 11.8. The second kappa shape index (κ2) is 6.71. The van der Waals surface area contributed by atoms with E-state index in [-0.39, 0.29) is 0 Å². The van der Waals surface area contributed by atoms with Crippen LogP contribution in [0, 0.1) is 0 Å². The van der Waals surface area contributed by atoms with E-state index in [1.807, 2.05) is 67.6 Å². The van der Waals surface area contributed by atoms with E-state index in [0.29, 0.717) is 12.0 Å². The first-order valence-electron chi connectivity index (χ1n) is 6.71. The fraction of sp³-hybridized carbons (Fsp3) is 0.167. The van der Waals surface area contributed by atoms with Crippen LogP contribution >= 0.6 is 0 Å². The Morgan fingerprint density at radius 1 is 0.950 bits per heavy atom. The molecule has 2 aromatic carbocycles. The zero-order valence-corrected chi connectivity index (χ0v) is 11.5. The second-order valence-electron chi connectivity index (χ2n) is 4.76. The van der Waals surface area contributed by atoms with Crippen molar-refractivity contribution in [3.05, 3.63) is 77.4 Å². The van der Waals surface area contributed by atoms with Gasteiger partial charge in [-0.1, -0.05) is 60.7 Å². The molecule has 0 fully saturated rings. The number of aryl methyl sites for hydroxylation is 1. The molecule has 20 heavy (non-hydrogen) atoms. The van der Waals surface area contributed by atoms with Gasteiger partial charge in [0.05, 0.1) is 0 Å². The molecule has 0 amide bonds. The standard InChI is InChI=1S/C18H18O2/c1-14(16-10-6-3-7-11-16)17(18(19)20)13-12-15-8-4-2-5-9-15/h2-11H,12-13H2,1H3,(H,19,20)/b17-14+. The maximum Gasteiger partial charge on any atom is 0.331 e. The summed E-state index contributed by atoms with van der Waals surface area (Å²) in [4.78, 5) is 11.5. The molecule has 0 spiro atoms. The van der Waals surface area contributed by atoms with E-state index in [9.17, 15) is 9.90 Å². The molecule has 0 aromatic heterocycles. The van der Waals surface area contributed by atoms with Crippen LogP contribution in [0.4, 0.5) is 0 Å². The second-order valence-corrected chi connectivity index (χ2v) is 4.76. The highest BCUT2D eigenvalue weighted by atomic mass is 16.4. The number of hydrogen-bond acceptors (Lipinski definition) is 1. The molecule has 0 atom stereocenters. The summed E-state index contributed by atoms with van der Waals surface area (Å²) < 4.78 is 0. The maximum atomic E-state index is 11.5. The summed E-state index contributed by atoms with van der Waals surface area (Å²) in [6.07, 6.45) is 1.28. The van der Waals surface area contributed by atoms with Gasteiger partial charge in [-0.2, -0.15) is 0 Å². The van der Waals surface area contributed by atoms with E-state index in [0.717, 1.165) is 23.1 Å². The zero-order chi connectivity index (χ0) is 14.4. The van der Waals surface area contributed by atoms with Crippen molar-refractivity contribution in [1.29, 1.82) is 0 Å². The summed E-state index contributed by atoms with van der Waals surface area (Å²) in [5.74, 6) is -0.831. The van der Waals surface area contributed by atoms with Crippen molar-refractivity contribution in [1.82, 2.24) is 0 Å². The number of allylic oxidation sites excluding steroid dienone is 1. The van der Waals surface area contributed by atoms with Crippen molar-refractivity contribution >= 4 is 11.5 Å². The monoisotopic (exact) mass is 266 g/mol. The molecule has 0 saturated carbocycles. The Morgan fingerprint density at radius 2 is 1.50 bits per heavy atom. The van der Waals surface area contributed by atoms with Crippen LogP contribution in [0.15, 0.2) is 66.2 Å². The van der Waals surface area contributed by atoms with E-state index < -0.39 is 5.97 Å². The molecule has 0 unspecified atom stereocenters. The molecule has 102 valence electrons. The van der Waals surface area contributed by atoms with Crippen LogP contribution in [0.25, 0.3) is 5.57 Å². The summed E-state index contributed by atoms with van der Waals surface area (Å²) in [6, 6.07) is 19.6. The van der Waals surface area contributed by atoms with Gasteiger partial charge in [-0.15, -0.1) is 0 Å². The van der Waals surface area contributed by atoms with Crippen molar-refractivity contribution in [2.75, 3.05) is 0 Å². The van der Waals surface area contributed by atoms with Crippen LogP contribution in [0.5, 0.6) is 0 Å². The minimum Gasteiger partial charge on any atom is -0.478 e. The van der Waals surface area contributed by atoms with Gasteiger partial charge in [-0.3, -0.25) is 0 Å². The Morgan fingerprint density at radius 3 is 2.05 bits per heavy atom. The Labute approximate surface area is 119 Å². The third kappa shape index (κ3) is 3.58. The average Bonchev–Trinajstić information content (AvgIpc) is 2.49. The molecule has 2 nitrogen and oxygen atoms in total. The zero-order valence-electron chi connectivity index (χ0n) is 11.5. The van der Waals surface area contributed by atoms with Crippen LogP contribution in [0.2, 0.25) is 0 Å². The van der Waals surface area contributed by atoms with Crippen LogP contribution in [-0.4, -0.2) is 11.1 Å². The predicted octanol–water partition coefficient (Wildman–Crippen LogP) is 4.18. The van der Waals surface area contributed by atoms with Gasteiger partial charge in [0.25, 0.3) is 0 Å². The molecule has 0 bridgehead atoms. The van der Waals surface area contributed by atoms with Gasteiger partial charge in [0, 0.05) is 5.57 Å². The number of carboxylic acids is 1.